The van der Waals surface area contributed by atoms with Gasteiger partial charge in [0.15, 0.2) is 17.6 Å². The molecule has 1 aliphatic rings. The molecule has 0 saturated carbocycles. The highest BCUT2D eigenvalue weighted by molar-refractivity contribution is 5.99. The lowest BCUT2D eigenvalue weighted by molar-refractivity contribution is -0.125. The molecule has 2 heterocycles. The Balaban J connectivity index is 1.60. The summed E-state index contributed by atoms with van der Waals surface area (Å²) in [5.41, 5.74) is 1.40. The molecule has 1 atom stereocenters. The maximum Gasteiger partial charge on any atom is 0.268 e. The van der Waals surface area contributed by atoms with E-state index in [1.165, 1.54) is 0 Å². The van der Waals surface area contributed by atoms with Crippen LogP contribution in [0.1, 0.15) is 19.7 Å². The van der Waals surface area contributed by atoms with Gasteiger partial charge in [0.25, 0.3) is 5.91 Å². The molecule has 1 aromatic heterocycles. The molecule has 3 aromatic rings. The normalized spacial score (nSPS) is 15.6. The Morgan fingerprint density at radius 1 is 1.17 bits per heavy atom. The fraction of sp³-hybridized carbons (Fsp3) is 0.286. The van der Waals surface area contributed by atoms with Gasteiger partial charge in [-0.15, -0.1) is 0 Å². The number of anilines is 1. The quantitative estimate of drug-likeness (QED) is 0.632. The van der Waals surface area contributed by atoms with Crippen molar-refractivity contribution in [3.05, 3.63) is 48.4 Å². The topological polar surface area (TPSA) is 86.9 Å². The van der Waals surface area contributed by atoms with Gasteiger partial charge in [0, 0.05) is 5.56 Å². The van der Waals surface area contributed by atoms with Gasteiger partial charge in [-0.05, 0) is 44.2 Å². The van der Waals surface area contributed by atoms with Crippen LogP contribution >= 0.6 is 0 Å². The number of methoxy groups -OCH3 is 1. The molecule has 0 N–H and O–H groups in total. The zero-order valence-corrected chi connectivity index (χ0v) is 16.4. The minimum absolute atomic E-state index is 0.157. The first-order valence-electron chi connectivity index (χ1n) is 9.31. The highest BCUT2D eigenvalue weighted by Gasteiger charge is 2.32. The van der Waals surface area contributed by atoms with E-state index < -0.39 is 6.10 Å². The van der Waals surface area contributed by atoms with Crippen LogP contribution in [0.15, 0.2) is 47.0 Å². The summed E-state index contributed by atoms with van der Waals surface area (Å²) in [7, 11) is 1.58. The van der Waals surface area contributed by atoms with E-state index in [2.05, 4.69) is 10.1 Å². The summed E-state index contributed by atoms with van der Waals surface area (Å²) in [6.07, 6.45) is -0.581. The van der Waals surface area contributed by atoms with Gasteiger partial charge in [-0.2, -0.15) is 4.98 Å². The Bertz CT molecular complexity index is 1030. The summed E-state index contributed by atoms with van der Waals surface area (Å²) in [5.74, 6) is 2.45. The number of benzene rings is 2. The standard InChI is InChI=1S/C21H21N3O5/c1-4-27-17-10-9-14(11-18(17)26-3)20-22-19(29-23-20)12-24-15-7-5-6-8-16(15)28-13(2)21(24)25/h5-11,13H,4,12H2,1-3H3/t13-/m0/s1. The van der Waals surface area contributed by atoms with Crippen LogP contribution < -0.4 is 19.1 Å². The monoisotopic (exact) mass is 395 g/mol. The van der Waals surface area contributed by atoms with Crippen LogP contribution in [0.3, 0.4) is 0 Å². The number of para-hydroxylation sites is 2. The molecule has 0 aliphatic carbocycles. The van der Waals surface area contributed by atoms with Crippen molar-refractivity contribution in [3.8, 4) is 28.6 Å². The maximum absolute atomic E-state index is 12.6. The fourth-order valence-electron chi connectivity index (χ4n) is 3.17. The lowest BCUT2D eigenvalue weighted by Gasteiger charge is -2.31. The summed E-state index contributed by atoms with van der Waals surface area (Å²) in [6.45, 7) is 4.32. The molecule has 1 aliphatic heterocycles. The summed E-state index contributed by atoms with van der Waals surface area (Å²) in [5, 5.41) is 4.05. The molecule has 150 valence electrons. The molecule has 1 amide bonds. The molecule has 8 nitrogen and oxygen atoms in total. The first-order valence-corrected chi connectivity index (χ1v) is 9.31. The van der Waals surface area contributed by atoms with Crippen molar-refractivity contribution in [2.75, 3.05) is 18.6 Å². The van der Waals surface area contributed by atoms with E-state index in [1.54, 1.807) is 31.1 Å². The predicted octanol–water partition coefficient (Wildman–Crippen LogP) is 3.46. The Labute approximate surface area is 168 Å². The largest absolute Gasteiger partial charge is 0.493 e. The Hall–Kier alpha value is -3.55. The van der Waals surface area contributed by atoms with Crippen molar-refractivity contribution in [2.45, 2.75) is 26.5 Å². The molecule has 29 heavy (non-hydrogen) atoms. The van der Waals surface area contributed by atoms with E-state index in [0.717, 1.165) is 5.56 Å². The third-order valence-electron chi connectivity index (χ3n) is 4.56. The van der Waals surface area contributed by atoms with Gasteiger partial charge in [0.1, 0.15) is 12.3 Å². The van der Waals surface area contributed by atoms with Crippen LogP contribution in [0.25, 0.3) is 11.4 Å². The Morgan fingerprint density at radius 3 is 2.79 bits per heavy atom. The number of aromatic nitrogens is 2. The van der Waals surface area contributed by atoms with E-state index in [9.17, 15) is 4.79 Å². The van der Waals surface area contributed by atoms with Gasteiger partial charge in [-0.1, -0.05) is 17.3 Å². The second kappa shape index (κ2) is 7.83. The molecular weight excluding hydrogens is 374 g/mol. The maximum atomic E-state index is 12.6. The average Bonchev–Trinajstić information content (AvgIpc) is 3.20. The number of carbonyl (C=O) groups excluding carboxylic acids is 1. The number of carbonyl (C=O) groups is 1. The zero-order chi connectivity index (χ0) is 20.4. The second-order valence-electron chi connectivity index (χ2n) is 6.46. The van der Waals surface area contributed by atoms with Gasteiger partial charge >= 0.3 is 0 Å². The Morgan fingerprint density at radius 2 is 2.00 bits per heavy atom. The van der Waals surface area contributed by atoms with Crippen molar-refractivity contribution in [1.82, 2.24) is 10.1 Å². The van der Waals surface area contributed by atoms with Crippen molar-refractivity contribution in [2.24, 2.45) is 0 Å². The van der Waals surface area contributed by atoms with Gasteiger partial charge in [0.05, 0.1) is 19.4 Å². The minimum Gasteiger partial charge on any atom is -0.493 e. The summed E-state index contributed by atoms with van der Waals surface area (Å²) < 4.78 is 22.0. The molecule has 8 heteroatoms. The number of amides is 1. The SMILES string of the molecule is CCOc1ccc(-c2noc(CN3C(=O)[C@H](C)Oc4ccccc43)n2)cc1OC. The van der Waals surface area contributed by atoms with E-state index in [1.807, 2.05) is 37.3 Å². The highest BCUT2D eigenvalue weighted by Crippen LogP contribution is 2.35. The average molecular weight is 395 g/mol. The van der Waals surface area contributed by atoms with Crippen LogP contribution in [0.4, 0.5) is 5.69 Å². The van der Waals surface area contributed by atoms with Gasteiger partial charge in [-0.25, -0.2) is 0 Å². The fourth-order valence-corrected chi connectivity index (χ4v) is 3.17. The van der Waals surface area contributed by atoms with E-state index in [4.69, 9.17) is 18.7 Å². The van der Waals surface area contributed by atoms with Crippen molar-refractivity contribution >= 4 is 11.6 Å². The lowest BCUT2D eigenvalue weighted by Crippen LogP contribution is -2.44. The van der Waals surface area contributed by atoms with Gasteiger partial charge in [-0.3, -0.25) is 9.69 Å². The number of ether oxygens (including phenoxy) is 3. The second-order valence-corrected chi connectivity index (χ2v) is 6.46. The van der Waals surface area contributed by atoms with E-state index >= 15 is 0 Å². The van der Waals surface area contributed by atoms with E-state index in [0.29, 0.717) is 41.3 Å². The first kappa shape index (κ1) is 18.8. The van der Waals surface area contributed by atoms with Crippen molar-refractivity contribution in [1.29, 1.82) is 0 Å². The van der Waals surface area contributed by atoms with Crippen LogP contribution in [0.5, 0.6) is 17.2 Å². The number of nitrogens with zero attached hydrogens (tertiary/aromatic N) is 3. The third kappa shape index (κ3) is 3.61. The zero-order valence-electron chi connectivity index (χ0n) is 16.4. The third-order valence-corrected chi connectivity index (χ3v) is 4.56. The molecule has 0 fully saturated rings. The smallest absolute Gasteiger partial charge is 0.268 e. The summed E-state index contributed by atoms with van der Waals surface area (Å²) in [6, 6.07) is 12.8. The molecule has 0 bridgehead atoms. The van der Waals surface area contributed by atoms with Crippen molar-refractivity contribution in [3.63, 3.8) is 0 Å². The molecule has 4 rings (SSSR count). The Kier molecular flexibility index (Phi) is 5.07. The van der Waals surface area contributed by atoms with Crippen LogP contribution in [-0.2, 0) is 11.3 Å². The number of hydrogen-bond acceptors (Lipinski definition) is 7. The minimum atomic E-state index is -0.581. The summed E-state index contributed by atoms with van der Waals surface area (Å²) in [4.78, 5) is 18.7. The molecule has 0 radical (unpaired) electrons. The van der Waals surface area contributed by atoms with Gasteiger partial charge < -0.3 is 18.7 Å². The number of rotatable bonds is 6. The summed E-state index contributed by atoms with van der Waals surface area (Å²) >= 11 is 0. The molecule has 0 spiro atoms. The van der Waals surface area contributed by atoms with Gasteiger partial charge in [0.2, 0.25) is 11.7 Å². The number of hydrogen-bond donors (Lipinski definition) is 0. The van der Waals surface area contributed by atoms with E-state index in [-0.39, 0.29) is 12.5 Å². The lowest BCUT2D eigenvalue weighted by atomic mass is 10.2. The van der Waals surface area contributed by atoms with Crippen molar-refractivity contribution < 1.29 is 23.5 Å². The van der Waals surface area contributed by atoms with Crippen LogP contribution in [0.2, 0.25) is 0 Å². The molecule has 2 aromatic carbocycles. The highest BCUT2D eigenvalue weighted by atomic mass is 16.5. The molecule has 0 saturated heterocycles. The predicted molar refractivity (Wildman–Crippen MR) is 105 cm³/mol. The molecule has 0 unspecified atom stereocenters. The van der Waals surface area contributed by atoms with Crippen LogP contribution in [0, 0.1) is 0 Å². The van der Waals surface area contributed by atoms with Crippen LogP contribution in [-0.4, -0.2) is 35.9 Å². The number of fused-ring (bicyclic) bond motifs is 1. The first-order chi connectivity index (χ1) is 14.1. The molecular formula is C21H21N3O5.